The van der Waals surface area contributed by atoms with Crippen LogP contribution in [-0.2, 0) is 24.4 Å². The number of carbonyl (C=O) groups is 2. The number of nitrogens with zero attached hydrogens (tertiary/aromatic N) is 3. The van der Waals surface area contributed by atoms with Crippen molar-refractivity contribution in [2.24, 2.45) is 5.73 Å². The largest absolute Gasteiger partial charge is 0.444 e. The zero-order chi connectivity index (χ0) is 15.1. The molecule has 2 heterocycles. The molecule has 0 fully saturated rings. The van der Waals surface area contributed by atoms with Crippen LogP contribution in [0.3, 0.4) is 0 Å². The summed E-state index contributed by atoms with van der Waals surface area (Å²) in [6.45, 7) is 8.69. The van der Waals surface area contributed by atoms with Crippen molar-refractivity contribution >= 4 is 12.0 Å². The second kappa shape index (κ2) is 4.81. The normalized spacial score (nSPS) is 14.3. The second-order valence-corrected chi connectivity index (χ2v) is 5.77. The Morgan fingerprint density at radius 1 is 1.35 bits per heavy atom. The summed E-state index contributed by atoms with van der Waals surface area (Å²) in [5.74, 6) is -0.300. The fourth-order valence-corrected chi connectivity index (χ4v) is 2.24. The van der Waals surface area contributed by atoms with Gasteiger partial charge in [-0.1, -0.05) is 0 Å². The molecule has 1 aliphatic heterocycles. The maximum atomic E-state index is 12.0. The molecule has 0 saturated heterocycles. The second-order valence-electron chi connectivity index (χ2n) is 5.77. The van der Waals surface area contributed by atoms with Gasteiger partial charge in [0, 0.05) is 6.54 Å². The molecule has 0 radical (unpaired) electrons. The van der Waals surface area contributed by atoms with Crippen LogP contribution in [0.4, 0.5) is 4.79 Å². The van der Waals surface area contributed by atoms with Gasteiger partial charge in [-0.3, -0.25) is 9.69 Å². The highest BCUT2D eigenvalue weighted by Gasteiger charge is 2.32. The number of carbonyl (C=O) groups excluding carboxylic acids is 2. The molecular formula is C13H20N4O3. The highest BCUT2D eigenvalue weighted by molar-refractivity contribution is 5.89. The van der Waals surface area contributed by atoms with Gasteiger partial charge in [0.05, 0.1) is 24.5 Å². The van der Waals surface area contributed by atoms with Gasteiger partial charge in [-0.05, 0) is 27.7 Å². The zero-order valence-corrected chi connectivity index (χ0v) is 12.3. The average molecular weight is 280 g/mol. The van der Waals surface area contributed by atoms with Crippen LogP contribution in [-0.4, -0.2) is 32.1 Å². The first kappa shape index (κ1) is 14.4. The quantitative estimate of drug-likeness (QED) is 0.882. The van der Waals surface area contributed by atoms with Crippen molar-refractivity contribution in [1.29, 1.82) is 0 Å². The molecular weight excluding hydrogens is 260 g/mol. The van der Waals surface area contributed by atoms with Crippen molar-refractivity contribution in [3.05, 3.63) is 17.2 Å². The van der Waals surface area contributed by atoms with E-state index >= 15 is 0 Å². The van der Waals surface area contributed by atoms with Crippen molar-refractivity contribution in [2.45, 2.75) is 52.9 Å². The van der Waals surface area contributed by atoms with E-state index in [1.165, 1.54) is 0 Å². The molecule has 0 aromatic carbocycles. The van der Waals surface area contributed by atoms with E-state index in [9.17, 15) is 9.59 Å². The molecule has 110 valence electrons. The standard InChI is InChI=1S/C13H20N4O3/c1-5-17-9-7-16(12(19)20-13(2,3)4)6-8(9)15-11(17)10(14)18/h5-7H2,1-4H3,(H2,14,18). The van der Waals surface area contributed by atoms with E-state index in [0.717, 1.165) is 5.69 Å². The van der Waals surface area contributed by atoms with Crippen LogP contribution in [0.5, 0.6) is 0 Å². The van der Waals surface area contributed by atoms with E-state index < -0.39 is 11.5 Å². The van der Waals surface area contributed by atoms with Gasteiger partial charge in [0.25, 0.3) is 5.91 Å². The fourth-order valence-electron chi connectivity index (χ4n) is 2.24. The monoisotopic (exact) mass is 280 g/mol. The summed E-state index contributed by atoms with van der Waals surface area (Å²) in [7, 11) is 0. The number of hydrogen-bond acceptors (Lipinski definition) is 4. The van der Waals surface area contributed by atoms with Gasteiger partial charge in [-0.15, -0.1) is 0 Å². The Bertz CT molecular complexity index is 557. The lowest BCUT2D eigenvalue weighted by Gasteiger charge is -2.24. The van der Waals surface area contributed by atoms with Crippen LogP contribution in [0, 0.1) is 0 Å². The molecule has 2 N–H and O–H groups in total. The SMILES string of the molecule is CCn1c(C(N)=O)nc2c1CN(C(=O)OC(C)(C)C)C2. The molecule has 20 heavy (non-hydrogen) atoms. The number of aromatic nitrogens is 2. The Morgan fingerprint density at radius 3 is 2.50 bits per heavy atom. The van der Waals surface area contributed by atoms with Crippen LogP contribution in [0.1, 0.15) is 49.7 Å². The van der Waals surface area contributed by atoms with Crippen LogP contribution < -0.4 is 5.73 Å². The predicted molar refractivity (Wildman–Crippen MR) is 71.9 cm³/mol. The van der Waals surface area contributed by atoms with Gasteiger partial charge in [0.2, 0.25) is 0 Å². The number of fused-ring (bicyclic) bond motifs is 1. The molecule has 1 aromatic heterocycles. The topological polar surface area (TPSA) is 90.5 Å². The highest BCUT2D eigenvalue weighted by atomic mass is 16.6. The van der Waals surface area contributed by atoms with E-state index in [1.807, 2.05) is 27.7 Å². The number of ether oxygens (including phenoxy) is 1. The molecule has 0 saturated carbocycles. The van der Waals surface area contributed by atoms with Gasteiger partial charge in [-0.2, -0.15) is 0 Å². The van der Waals surface area contributed by atoms with Gasteiger partial charge in [-0.25, -0.2) is 9.78 Å². The van der Waals surface area contributed by atoms with Crippen LogP contribution in [0.15, 0.2) is 0 Å². The molecule has 0 spiro atoms. The third kappa shape index (κ3) is 2.61. The van der Waals surface area contributed by atoms with Crippen LogP contribution >= 0.6 is 0 Å². The molecule has 7 heteroatoms. The van der Waals surface area contributed by atoms with Crippen molar-refractivity contribution in [2.75, 3.05) is 0 Å². The lowest BCUT2D eigenvalue weighted by Crippen LogP contribution is -2.34. The van der Waals surface area contributed by atoms with E-state index in [1.54, 1.807) is 9.47 Å². The molecule has 1 aromatic rings. The first-order valence-corrected chi connectivity index (χ1v) is 6.59. The summed E-state index contributed by atoms with van der Waals surface area (Å²) in [6, 6.07) is 0. The van der Waals surface area contributed by atoms with Crippen molar-refractivity contribution in [3.63, 3.8) is 0 Å². The third-order valence-corrected chi connectivity index (χ3v) is 3.03. The Balaban J connectivity index is 2.18. The van der Waals surface area contributed by atoms with E-state index in [0.29, 0.717) is 25.3 Å². The van der Waals surface area contributed by atoms with Crippen LogP contribution in [0.25, 0.3) is 0 Å². The molecule has 2 rings (SSSR count). The van der Waals surface area contributed by atoms with Gasteiger partial charge in [0.15, 0.2) is 5.82 Å². The van der Waals surface area contributed by atoms with Crippen molar-refractivity contribution < 1.29 is 14.3 Å². The molecule has 1 aliphatic rings. The minimum atomic E-state index is -0.551. The van der Waals surface area contributed by atoms with E-state index in [4.69, 9.17) is 10.5 Å². The third-order valence-electron chi connectivity index (χ3n) is 3.03. The maximum absolute atomic E-state index is 12.0. The lowest BCUT2D eigenvalue weighted by atomic mass is 10.2. The fraction of sp³-hybridized carbons (Fsp3) is 0.615. The number of imidazole rings is 1. The Labute approximate surface area is 117 Å². The molecule has 7 nitrogen and oxygen atoms in total. The molecule has 0 aliphatic carbocycles. The highest BCUT2D eigenvalue weighted by Crippen LogP contribution is 2.25. The number of hydrogen-bond donors (Lipinski definition) is 1. The van der Waals surface area contributed by atoms with Gasteiger partial charge >= 0.3 is 6.09 Å². The molecule has 0 unspecified atom stereocenters. The molecule has 0 bridgehead atoms. The summed E-state index contributed by atoms with van der Waals surface area (Å²) in [5.41, 5.74) is 6.34. The maximum Gasteiger partial charge on any atom is 0.410 e. The van der Waals surface area contributed by atoms with Gasteiger partial charge in [0.1, 0.15) is 5.60 Å². The zero-order valence-electron chi connectivity index (χ0n) is 12.3. The Morgan fingerprint density at radius 2 is 2.00 bits per heavy atom. The first-order valence-electron chi connectivity index (χ1n) is 6.59. The van der Waals surface area contributed by atoms with Crippen molar-refractivity contribution in [1.82, 2.24) is 14.5 Å². The van der Waals surface area contributed by atoms with Gasteiger partial charge < -0.3 is 15.0 Å². The average Bonchev–Trinajstić information content (AvgIpc) is 2.82. The van der Waals surface area contributed by atoms with Crippen LogP contribution in [0.2, 0.25) is 0 Å². The number of rotatable bonds is 2. The minimum absolute atomic E-state index is 0.251. The number of amides is 2. The Hall–Kier alpha value is -2.05. The lowest BCUT2D eigenvalue weighted by molar-refractivity contribution is 0.0237. The number of primary amides is 1. The van der Waals surface area contributed by atoms with E-state index in [2.05, 4.69) is 4.98 Å². The smallest absolute Gasteiger partial charge is 0.410 e. The molecule has 2 amide bonds. The van der Waals surface area contributed by atoms with Crippen molar-refractivity contribution in [3.8, 4) is 0 Å². The summed E-state index contributed by atoms with van der Waals surface area (Å²) in [6.07, 6.45) is -0.376. The Kier molecular flexibility index (Phi) is 3.45. The summed E-state index contributed by atoms with van der Waals surface area (Å²) in [5, 5.41) is 0. The summed E-state index contributed by atoms with van der Waals surface area (Å²) >= 11 is 0. The molecule has 0 atom stereocenters. The first-order chi connectivity index (χ1) is 9.23. The summed E-state index contributed by atoms with van der Waals surface area (Å²) < 4.78 is 7.08. The summed E-state index contributed by atoms with van der Waals surface area (Å²) in [4.78, 5) is 29.1. The minimum Gasteiger partial charge on any atom is -0.444 e. The van der Waals surface area contributed by atoms with E-state index in [-0.39, 0.29) is 11.9 Å². The number of nitrogens with two attached hydrogens (primary N) is 1. The predicted octanol–water partition coefficient (Wildman–Crippen LogP) is 1.25.